The fourth-order valence-electron chi connectivity index (χ4n) is 3.06. The summed E-state index contributed by atoms with van der Waals surface area (Å²) in [7, 11) is 0. The summed E-state index contributed by atoms with van der Waals surface area (Å²) < 4.78 is 10.7. The van der Waals surface area contributed by atoms with Gasteiger partial charge in [-0.2, -0.15) is 0 Å². The van der Waals surface area contributed by atoms with Gasteiger partial charge >= 0.3 is 5.97 Å². The zero-order chi connectivity index (χ0) is 23.1. The quantitative estimate of drug-likeness (QED) is 0.373. The number of rotatable bonds is 8. The van der Waals surface area contributed by atoms with Crippen molar-refractivity contribution in [1.82, 2.24) is 0 Å². The molecule has 3 rings (SSSR count). The molecule has 0 spiro atoms. The van der Waals surface area contributed by atoms with Crippen LogP contribution in [0.1, 0.15) is 28.4 Å². The Morgan fingerprint density at radius 1 is 0.969 bits per heavy atom. The Kier molecular flexibility index (Phi) is 8.14. The summed E-state index contributed by atoms with van der Waals surface area (Å²) in [6.45, 7) is 4.04. The Bertz CT molecular complexity index is 1100. The third-order valence-corrected chi connectivity index (χ3v) is 5.27. The van der Waals surface area contributed by atoms with Crippen LogP contribution in [-0.4, -0.2) is 25.1 Å². The molecule has 0 fully saturated rings. The number of benzene rings is 3. The van der Waals surface area contributed by atoms with Crippen molar-refractivity contribution in [3.8, 4) is 5.75 Å². The molecule has 0 saturated heterocycles. The molecule has 0 N–H and O–H groups in total. The Balaban J connectivity index is 1.84. The first-order valence-electron chi connectivity index (χ1n) is 10.1. The molecule has 0 heterocycles. The number of hydrogen-bond donors (Lipinski definition) is 0. The third-order valence-electron chi connectivity index (χ3n) is 4.69. The van der Waals surface area contributed by atoms with Crippen LogP contribution in [0.4, 0.5) is 5.69 Å². The van der Waals surface area contributed by atoms with E-state index >= 15 is 0 Å². The first kappa shape index (κ1) is 23.6. The number of carbonyl (C=O) groups excluding carboxylic acids is 2. The summed E-state index contributed by atoms with van der Waals surface area (Å²) in [5.74, 6) is -0.0673. The molecular formula is C25H23Cl2NO4. The van der Waals surface area contributed by atoms with Gasteiger partial charge in [-0.05, 0) is 73.5 Å². The fourth-order valence-corrected chi connectivity index (χ4v) is 3.53. The second kappa shape index (κ2) is 11.0. The molecule has 0 saturated carbocycles. The van der Waals surface area contributed by atoms with Gasteiger partial charge < -0.3 is 14.4 Å². The van der Waals surface area contributed by atoms with Crippen molar-refractivity contribution in [1.29, 1.82) is 0 Å². The normalized spacial score (nSPS) is 10.5. The highest BCUT2D eigenvalue weighted by Crippen LogP contribution is 2.26. The van der Waals surface area contributed by atoms with Crippen LogP contribution >= 0.6 is 23.2 Å². The van der Waals surface area contributed by atoms with Gasteiger partial charge in [-0.15, -0.1) is 0 Å². The van der Waals surface area contributed by atoms with Crippen LogP contribution in [0.5, 0.6) is 5.75 Å². The van der Waals surface area contributed by atoms with E-state index in [1.54, 1.807) is 60.4 Å². The van der Waals surface area contributed by atoms with Gasteiger partial charge in [-0.1, -0.05) is 41.4 Å². The predicted octanol–water partition coefficient (Wildman–Crippen LogP) is 6.09. The number of hydrogen-bond acceptors (Lipinski definition) is 4. The lowest BCUT2D eigenvalue weighted by molar-refractivity contribution is -0.120. The Labute approximate surface area is 197 Å². The van der Waals surface area contributed by atoms with Gasteiger partial charge in [-0.25, -0.2) is 4.79 Å². The molecule has 0 aliphatic carbocycles. The van der Waals surface area contributed by atoms with Crippen LogP contribution in [0.25, 0.3) is 0 Å². The van der Waals surface area contributed by atoms with Crippen LogP contribution in [0.2, 0.25) is 10.0 Å². The lowest BCUT2D eigenvalue weighted by atomic mass is 10.1. The zero-order valence-corrected chi connectivity index (χ0v) is 19.3. The molecule has 0 aliphatic heterocycles. The molecule has 3 aromatic rings. The van der Waals surface area contributed by atoms with Gasteiger partial charge in [0.25, 0.3) is 5.91 Å². The first-order valence-corrected chi connectivity index (χ1v) is 10.8. The molecule has 32 heavy (non-hydrogen) atoms. The second-order valence-corrected chi connectivity index (χ2v) is 7.93. The molecular weight excluding hydrogens is 449 g/mol. The number of nitrogens with zero attached hydrogens (tertiary/aromatic N) is 1. The maximum atomic E-state index is 13.1. The summed E-state index contributed by atoms with van der Waals surface area (Å²) in [4.78, 5) is 26.7. The largest absolute Gasteiger partial charge is 0.484 e. The number of halogens is 2. The SMILES string of the molecule is CCOC(=O)c1ccc(N(Cc2ccc(Cl)cc2Cl)C(=O)COc2cccc(C)c2)cc1. The van der Waals surface area contributed by atoms with E-state index < -0.39 is 5.97 Å². The minimum atomic E-state index is -0.416. The smallest absolute Gasteiger partial charge is 0.338 e. The number of anilines is 1. The van der Waals surface area contributed by atoms with Gasteiger partial charge in [0.05, 0.1) is 18.7 Å². The van der Waals surface area contributed by atoms with Gasteiger partial charge in [0, 0.05) is 15.7 Å². The molecule has 166 valence electrons. The fraction of sp³-hybridized carbons (Fsp3) is 0.200. The van der Waals surface area contributed by atoms with E-state index in [-0.39, 0.29) is 25.7 Å². The molecule has 1 amide bonds. The number of esters is 1. The number of carbonyl (C=O) groups is 2. The van der Waals surface area contributed by atoms with Gasteiger partial charge in [0.15, 0.2) is 6.61 Å². The average Bonchev–Trinajstić information content (AvgIpc) is 2.77. The molecule has 0 aliphatic rings. The standard InChI is InChI=1S/C25H23Cl2NO4/c1-3-31-25(30)18-8-11-21(12-9-18)28(15-19-7-10-20(26)14-23(19)27)24(29)16-32-22-6-4-5-17(2)13-22/h4-14H,3,15-16H2,1-2H3. The summed E-state index contributed by atoms with van der Waals surface area (Å²) in [5.41, 5.74) is 2.77. The van der Waals surface area contributed by atoms with Crippen molar-refractivity contribution in [3.63, 3.8) is 0 Å². The van der Waals surface area contributed by atoms with Crippen molar-refractivity contribution < 1.29 is 19.1 Å². The number of aryl methyl sites for hydroxylation is 1. The Morgan fingerprint density at radius 2 is 1.72 bits per heavy atom. The maximum absolute atomic E-state index is 13.1. The van der Waals surface area contributed by atoms with Gasteiger partial charge in [0.1, 0.15) is 5.75 Å². The molecule has 0 atom stereocenters. The maximum Gasteiger partial charge on any atom is 0.338 e. The van der Waals surface area contributed by atoms with E-state index in [0.717, 1.165) is 11.1 Å². The van der Waals surface area contributed by atoms with Crippen molar-refractivity contribution in [2.24, 2.45) is 0 Å². The van der Waals surface area contributed by atoms with Crippen molar-refractivity contribution >= 4 is 40.8 Å². The minimum absolute atomic E-state index is 0.158. The van der Waals surface area contributed by atoms with E-state index in [0.29, 0.717) is 27.0 Å². The van der Waals surface area contributed by atoms with E-state index in [1.165, 1.54) is 0 Å². The highest BCUT2D eigenvalue weighted by Gasteiger charge is 2.19. The first-order chi connectivity index (χ1) is 15.4. The molecule has 0 aromatic heterocycles. The topological polar surface area (TPSA) is 55.8 Å². The average molecular weight is 472 g/mol. The van der Waals surface area contributed by atoms with Gasteiger partial charge in [0.2, 0.25) is 0 Å². The van der Waals surface area contributed by atoms with Crippen molar-refractivity contribution in [3.05, 3.63) is 93.5 Å². The lowest BCUT2D eigenvalue weighted by Gasteiger charge is -2.24. The van der Waals surface area contributed by atoms with Crippen LogP contribution in [0.3, 0.4) is 0 Å². The van der Waals surface area contributed by atoms with E-state index in [9.17, 15) is 9.59 Å². The third kappa shape index (κ3) is 6.25. The summed E-state index contributed by atoms with van der Waals surface area (Å²) in [5, 5.41) is 0.969. The highest BCUT2D eigenvalue weighted by atomic mass is 35.5. The second-order valence-electron chi connectivity index (χ2n) is 7.09. The minimum Gasteiger partial charge on any atom is -0.484 e. The molecule has 0 radical (unpaired) electrons. The monoisotopic (exact) mass is 471 g/mol. The number of ether oxygens (including phenoxy) is 2. The lowest BCUT2D eigenvalue weighted by Crippen LogP contribution is -2.34. The summed E-state index contributed by atoms with van der Waals surface area (Å²) >= 11 is 12.4. The van der Waals surface area contributed by atoms with Crippen LogP contribution in [0.15, 0.2) is 66.7 Å². The number of amides is 1. The zero-order valence-electron chi connectivity index (χ0n) is 17.8. The summed E-state index contributed by atoms with van der Waals surface area (Å²) in [6, 6.07) is 19.3. The van der Waals surface area contributed by atoms with E-state index in [4.69, 9.17) is 32.7 Å². The molecule has 3 aromatic carbocycles. The highest BCUT2D eigenvalue weighted by molar-refractivity contribution is 6.35. The Morgan fingerprint density at radius 3 is 2.38 bits per heavy atom. The molecule has 0 bridgehead atoms. The van der Waals surface area contributed by atoms with Crippen LogP contribution in [-0.2, 0) is 16.1 Å². The van der Waals surface area contributed by atoms with Gasteiger partial charge in [-0.3, -0.25) is 4.79 Å². The Hall–Kier alpha value is -3.02. The summed E-state index contributed by atoms with van der Waals surface area (Å²) in [6.07, 6.45) is 0. The van der Waals surface area contributed by atoms with Crippen molar-refractivity contribution in [2.75, 3.05) is 18.1 Å². The van der Waals surface area contributed by atoms with E-state index in [2.05, 4.69) is 0 Å². The van der Waals surface area contributed by atoms with Crippen LogP contribution < -0.4 is 9.64 Å². The molecule has 7 heteroatoms. The van der Waals surface area contributed by atoms with Crippen LogP contribution in [0, 0.1) is 6.92 Å². The van der Waals surface area contributed by atoms with Crippen molar-refractivity contribution in [2.45, 2.75) is 20.4 Å². The van der Waals surface area contributed by atoms with E-state index in [1.807, 2.05) is 25.1 Å². The molecule has 5 nitrogen and oxygen atoms in total. The molecule has 0 unspecified atom stereocenters. The predicted molar refractivity (Wildman–Crippen MR) is 127 cm³/mol.